The summed E-state index contributed by atoms with van der Waals surface area (Å²) in [7, 11) is 0. The highest BCUT2D eigenvalue weighted by Gasteiger charge is 2.40. The smallest absolute Gasteiger partial charge is 0.328 e. The second-order valence-electron chi connectivity index (χ2n) is 7.51. The van der Waals surface area contributed by atoms with E-state index < -0.39 is 11.9 Å². The molecule has 0 spiro atoms. The van der Waals surface area contributed by atoms with Crippen molar-refractivity contribution in [1.82, 2.24) is 15.5 Å². The molecule has 0 saturated heterocycles. The van der Waals surface area contributed by atoms with Gasteiger partial charge in [0.2, 0.25) is 5.13 Å². The van der Waals surface area contributed by atoms with E-state index in [-0.39, 0.29) is 5.91 Å². The second kappa shape index (κ2) is 10.1. The van der Waals surface area contributed by atoms with E-state index in [9.17, 15) is 14.4 Å². The van der Waals surface area contributed by atoms with Gasteiger partial charge in [0.05, 0.1) is 4.88 Å². The molecular weight excluding hydrogens is 440 g/mol. The molecular formula is C20H24N4O5S2. The van der Waals surface area contributed by atoms with Crippen LogP contribution in [0.25, 0.3) is 0 Å². The Labute approximate surface area is 187 Å². The molecule has 2 aromatic rings. The number of aliphatic carboxylic acids is 2. The third-order valence-corrected chi connectivity index (χ3v) is 6.67. The summed E-state index contributed by atoms with van der Waals surface area (Å²) in [5.41, 5.74) is 1.34. The lowest BCUT2D eigenvalue weighted by atomic mass is 10.1. The van der Waals surface area contributed by atoms with Crippen LogP contribution in [-0.2, 0) is 9.59 Å². The van der Waals surface area contributed by atoms with Crippen LogP contribution >= 0.6 is 22.7 Å². The maximum atomic E-state index is 12.4. The van der Waals surface area contributed by atoms with Crippen molar-refractivity contribution >= 4 is 45.7 Å². The van der Waals surface area contributed by atoms with Crippen LogP contribution in [0.1, 0.15) is 50.3 Å². The molecule has 2 aliphatic rings. The van der Waals surface area contributed by atoms with Gasteiger partial charge in [-0.05, 0) is 57.2 Å². The van der Waals surface area contributed by atoms with E-state index in [0.717, 1.165) is 22.3 Å². The van der Waals surface area contributed by atoms with Crippen LogP contribution in [0.15, 0.2) is 18.2 Å². The van der Waals surface area contributed by atoms with Crippen molar-refractivity contribution in [3.05, 3.63) is 38.5 Å². The first-order chi connectivity index (χ1) is 14.7. The molecule has 0 aromatic carbocycles. The molecule has 0 radical (unpaired) electrons. The van der Waals surface area contributed by atoms with Gasteiger partial charge in [-0.25, -0.2) is 9.59 Å². The number of nitrogens with one attached hydrogen (secondary N) is 2. The maximum absolute atomic E-state index is 12.4. The average molecular weight is 465 g/mol. The van der Waals surface area contributed by atoms with E-state index in [1.54, 1.807) is 11.3 Å². The van der Waals surface area contributed by atoms with Crippen molar-refractivity contribution in [2.45, 2.75) is 45.1 Å². The molecule has 4 N–H and O–H groups in total. The molecule has 0 bridgehead atoms. The van der Waals surface area contributed by atoms with Gasteiger partial charge in [0.15, 0.2) is 0 Å². The van der Waals surface area contributed by atoms with Crippen LogP contribution in [0.2, 0.25) is 0 Å². The van der Waals surface area contributed by atoms with Crippen molar-refractivity contribution in [2.75, 3.05) is 11.9 Å². The van der Waals surface area contributed by atoms with Crippen LogP contribution in [0.3, 0.4) is 0 Å². The number of nitrogens with zero attached hydrogens (tertiary/aromatic N) is 2. The van der Waals surface area contributed by atoms with Gasteiger partial charge in [0.25, 0.3) is 5.91 Å². The number of aryl methyl sites for hydroxylation is 2. The van der Waals surface area contributed by atoms with E-state index >= 15 is 0 Å². The molecule has 0 aliphatic heterocycles. The molecule has 31 heavy (non-hydrogen) atoms. The molecule has 2 atom stereocenters. The van der Waals surface area contributed by atoms with Crippen molar-refractivity contribution < 1.29 is 24.6 Å². The van der Waals surface area contributed by atoms with Crippen LogP contribution in [-0.4, -0.2) is 50.8 Å². The molecule has 2 saturated carbocycles. The fourth-order valence-corrected chi connectivity index (χ4v) is 4.60. The summed E-state index contributed by atoms with van der Waals surface area (Å²) in [5.74, 6) is -1.10. The normalized spacial score (nSPS) is 19.5. The standard InChI is InChI=1S/C16H20N4OS2.C4H4O4/c1-8-11(12-5-13(12)17-7-10-3-4-10)6-14(22-8)15(21)18-16-20-19-9(2)23-16;5-3(6)1-2-4(7)8/h6,10,12-13,17H,3-5,7H2,1-2H3,(H,18,20,21);1-2H,(H,5,6)(H,7,8). The Hall–Kier alpha value is -2.63. The summed E-state index contributed by atoms with van der Waals surface area (Å²) in [6.07, 6.45) is 5.08. The van der Waals surface area contributed by atoms with Gasteiger partial charge in [0.1, 0.15) is 5.01 Å². The number of rotatable bonds is 8. The second-order valence-corrected chi connectivity index (χ2v) is 9.95. The first-order valence-electron chi connectivity index (χ1n) is 9.82. The maximum Gasteiger partial charge on any atom is 0.328 e. The van der Waals surface area contributed by atoms with E-state index in [4.69, 9.17) is 10.2 Å². The first-order valence-corrected chi connectivity index (χ1v) is 11.4. The molecule has 2 unspecified atom stereocenters. The van der Waals surface area contributed by atoms with Crippen LogP contribution < -0.4 is 10.6 Å². The topological polar surface area (TPSA) is 142 Å². The van der Waals surface area contributed by atoms with Crippen molar-refractivity contribution in [3.8, 4) is 0 Å². The lowest BCUT2D eigenvalue weighted by Gasteiger charge is -2.02. The summed E-state index contributed by atoms with van der Waals surface area (Å²) in [5, 5.41) is 31.4. The van der Waals surface area contributed by atoms with Gasteiger partial charge in [0, 0.05) is 29.0 Å². The van der Waals surface area contributed by atoms with Gasteiger partial charge in [-0.3, -0.25) is 10.1 Å². The average Bonchev–Trinajstić information content (AvgIpc) is 3.60. The zero-order chi connectivity index (χ0) is 22.5. The summed E-state index contributed by atoms with van der Waals surface area (Å²) in [4.78, 5) is 33.5. The van der Waals surface area contributed by atoms with E-state index in [0.29, 0.717) is 29.2 Å². The summed E-state index contributed by atoms with van der Waals surface area (Å²) in [6, 6.07) is 2.66. The largest absolute Gasteiger partial charge is 0.478 e. The van der Waals surface area contributed by atoms with Gasteiger partial charge >= 0.3 is 11.9 Å². The number of carbonyl (C=O) groups excluding carboxylic acids is 1. The van der Waals surface area contributed by atoms with Gasteiger partial charge in [-0.2, -0.15) is 0 Å². The number of hydrogen-bond acceptors (Lipinski definition) is 8. The summed E-state index contributed by atoms with van der Waals surface area (Å²) < 4.78 is 0. The number of thiophene rings is 1. The van der Waals surface area contributed by atoms with Gasteiger partial charge in [-0.1, -0.05) is 11.3 Å². The number of carboxylic acids is 2. The summed E-state index contributed by atoms with van der Waals surface area (Å²) in [6.45, 7) is 5.15. The molecule has 11 heteroatoms. The first kappa shape index (κ1) is 23.0. The Morgan fingerprint density at radius 1 is 1.13 bits per heavy atom. The number of aromatic nitrogens is 2. The third-order valence-electron chi connectivity index (χ3n) is 4.85. The molecule has 2 fully saturated rings. The molecule has 9 nitrogen and oxygen atoms in total. The fraction of sp³-hybridized carbons (Fsp3) is 0.450. The molecule has 166 valence electrons. The minimum absolute atomic E-state index is 0.0800. The lowest BCUT2D eigenvalue weighted by Crippen LogP contribution is -2.20. The SMILES string of the molecule is Cc1nnc(NC(=O)c2cc(C3CC3NCC3CC3)c(C)s2)s1.O=C(O)C=CC(=O)O. The van der Waals surface area contributed by atoms with Crippen LogP contribution in [0.5, 0.6) is 0 Å². The monoisotopic (exact) mass is 464 g/mol. The molecule has 2 aliphatic carbocycles. The van der Waals surface area contributed by atoms with Gasteiger partial charge in [-0.15, -0.1) is 21.5 Å². The highest BCUT2D eigenvalue weighted by atomic mass is 32.1. The highest BCUT2D eigenvalue weighted by molar-refractivity contribution is 7.16. The van der Waals surface area contributed by atoms with Crippen molar-refractivity contribution in [3.63, 3.8) is 0 Å². The molecule has 2 aromatic heterocycles. The zero-order valence-electron chi connectivity index (χ0n) is 17.1. The minimum atomic E-state index is -1.26. The quantitative estimate of drug-likeness (QED) is 0.437. The number of amides is 1. The Kier molecular flexibility index (Phi) is 7.52. The third kappa shape index (κ3) is 7.23. The lowest BCUT2D eigenvalue weighted by molar-refractivity contribution is -0.134. The summed E-state index contributed by atoms with van der Waals surface area (Å²) >= 11 is 2.97. The Morgan fingerprint density at radius 2 is 1.81 bits per heavy atom. The highest BCUT2D eigenvalue weighted by Crippen LogP contribution is 2.45. The predicted molar refractivity (Wildman–Crippen MR) is 118 cm³/mol. The number of carboxylic acid groups (broad SMARTS) is 2. The molecule has 1 amide bonds. The number of carbonyl (C=O) groups is 3. The molecule has 4 rings (SSSR count). The van der Waals surface area contributed by atoms with E-state index in [1.165, 1.54) is 41.0 Å². The van der Waals surface area contributed by atoms with Crippen molar-refractivity contribution in [1.29, 1.82) is 0 Å². The Morgan fingerprint density at radius 3 is 2.35 bits per heavy atom. The Balaban J connectivity index is 0.000000293. The van der Waals surface area contributed by atoms with Crippen LogP contribution in [0, 0.1) is 19.8 Å². The van der Waals surface area contributed by atoms with Crippen molar-refractivity contribution in [2.24, 2.45) is 5.92 Å². The Bertz CT molecular complexity index is 980. The predicted octanol–water partition coefficient (Wildman–Crippen LogP) is 3.04. The number of hydrogen-bond donors (Lipinski definition) is 4. The van der Waals surface area contributed by atoms with Gasteiger partial charge < -0.3 is 15.5 Å². The van der Waals surface area contributed by atoms with E-state index in [1.807, 2.05) is 6.92 Å². The zero-order valence-corrected chi connectivity index (χ0v) is 18.8. The number of anilines is 1. The van der Waals surface area contributed by atoms with E-state index in [2.05, 4.69) is 33.8 Å². The molecule has 2 heterocycles. The minimum Gasteiger partial charge on any atom is -0.478 e. The van der Waals surface area contributed by atoms with Crippen LogP contribution in [0.4, 0.5) is 5.13 Å². The fourth-order valence-electron chi connectivity index (χ4n) is 3.03.